The lowest BCUT2D eigenvalue weighted by atomic mass is 10.1. The Bertz CT molecular complexity index is 636. The van der Waals surface area contributed by atoms with Crippen LogP contribution in [0.15, 0.2) is 18.3 Å². The number of hydrogen-bond donors (Lipinski definition) is 1. The molecule has 1 aliphatic carbocycles. The van der Waals surface area contributed by atoms with Crippen molar-refractivity contribution in [1.82, 2.24) is 14.8 Å². The highest BCUT2D eigenvalue weighted by Crippen LogP contribution is 2.21. The second-order valence-electron chi connectivity index (χ2n) is 7.24. The highest BCUT2D eigenvalue weighted by Gasteiger charge is 2.25. The molecule has 2 amide bonds. The van der Waals surface area contributed by atoms with Gasteiger partial charge in [0.25, 0.3) is 5.91 Å². The molecule has 148 valence electrons. The first-order chi connectivity index (χ1) is 13.2. The summed E-state index contributed by atoms with van der Waals surface area (Å²) in [6, 6.07) is 4.06. The number of carbonyl (C=O) groups excluding carboxylic acids is 2. The fraction of sp³-hybridized carbons (Fsp3) is 0.650. The van der Waals surface area contributed by atoms with E-state index >= 15 is 0 Å². The third kappa shape index (κ3) is 5.34. The summed E-state index contributed by atoms with van der Waals surface area (Å²) in [5.74, 6) is 0.766. The molecule has 2 heterocycles. The normalized spacial score (nSPS) is 18.7. The summed E-state index contributed by atoms with van der Waals surface area (Å²) in [6.07, 6.45) is 8.83. The van der Waals surface area contributed by atoms with Gasteiger partial charge in [0.2, 0.25) is 0 Å². The quantitative estimate of drug-likeness (QED) is 0.820. The minimum Gasteiger partial charge on any atom is -0.450 e. The van der Waals surface area contributed by atoms with Crippen molar-refractivity contribution < 1.29 is 14.3 Å². The minimum atomic E-state index is -0.302. The van der Waals surface area contributed by atoms with Crippen molar-refractivity contribution >= 4 is 17.8 Å². The number of pyridine rings is 1. The van der Waals surface area contributed by atoms with Crippen LogP contribution in [-0.2, 0) is 4.74 Å². The van der Waals surface area contributed by atoms with Crippen molar-refractivity contribution in [1.29, 1.82) is 0 Å². The molecule has 2 aliphatic rings. The predicted octanol–water partition coefficient (Wildman–Crippen LogP) is 3.13. The Balaban J connectivity index is 1.56. The Labute approximate surface area is 161 Å². The van der Waals surface area contributed by atoms with Gasteiger partial charge in [-0.15, -0.1) is 0 Å². The molecular formula is C20H30N4O3. The zero-order valence-electron chi connectivity index (χ0n) is 16.2. The van der Waals surface area contributed by atoms with Crippen molar-refractivity contribution in [3.63, 3.8) is 0 Å². The largest absolute Gasteiger partial charge is 0.450 e. The van der Waals surface area contributed by atoms with Gasteiger partial charge in [-0.05, 0) is 31.9 Å². The van der Waals surface area contributed by atoms with E-state index in [0.29, 0.717) is 44.4 Å². The molecule has 1 aliphatic heterocycles. The second-order valence-corrected chi connectivity index (χ2v) is 7.24. The number of nitrogens with one attached hydrogen (secondary N) is 1. The molecule has 0 atom stereocenters. The van der Waals surface area contributed by atoms with Crippen LogP contribution in [0.3, 0.4) is 0 Å². The van der Waals surface area contributed by atoms with E-state index in [0.717, 1.165) is 18.7 Å². The summed E-state index contributed by atoms with van der Waals surface area (Å²) in [5.41, 5.74) is 0.644. The summed E-state index contributed by atoms with van der Waals surface area (Å²) in [5, 5.41) is 3.50. The first-order valence-corrected chi connectivity index (χ1v) is 10.1. The van der Waals surface area contributed by atoms with Gasteiger partial charge in [-0.3, -0.25) is 4.79 Å². The SMILES string of the molecule is CCOC(=O)N1CCN(C(=O)c2ccnc(NC3CCCCCC3)c2)CC1. The highest BCUT2D eigenvalue weighted by atomic mass is 16.6. The molecule has 27 heavy (non-hydrogen) atoms. The zero-order chi connectivity index (χ0) is 19.1. The fourth-order valence-electron chi connectivity index (χ4n) is 3.76. The number of piperazine rings is 1. The van der Waals surface area contributed by atoms with Crippen LogP contribution < -0.4 is 5.32 Å². The molecule has 0 radical (unpaired) electrons. The van der Waals surface area contributed by atoms with Gasteiger partial charge >= 0.3 is 6.09 Å². The summed E-state index contributed by atoms with van der Waals surface area (Å²) in [4.78, 5) is 32.5. The van der Waals surface area contributed by atoms with Crippen LogP contribution in [0, 0.1) is 0 Å². The van der Waals surface area contributed by atoms with E-state index < -0.39 is 0 Å². The van der Waals surface area contributed by atoms with E-state index in [9.17, 15) is 9.59 Å². The van der Waals surface area contributed by atoms with Crippen LogP contribution in [0.25, 0.3) is 0 Å². The van der Waals surface area contributed by atoms with Gasteiger partial charge in [0, 0.05) is 44.0 Å². The number of amides is 2. The lowest BCUT2D eigenvalue weighted by Gasteiger charge is -2.34. The molecule has 7 heteroatoms. The maximum absolute atomic E-state index is 12.8. The Kier molecular flexibility index (Phi) is 6.90. The molecule has 0 spiro atoms. The topological polar surface area (TPSA) is 74.8 Å². The smallest absolute Gasteiger partial charge is 0.409 e. The van der Waals surface area contributed by atoms with Gasteiger partial charge < -0.3 is 19.9 Å². The molecule has 1 aromatic rings. The van der Waals surface area contributed by atoms with E-state index in [4.69, 9.17) is 4.74 Å². The second kappa shape index (κ2) is 9.58. The van der Waals surface area contributed by atoms with E-state index in [-0.39, 0.29) is 12.0 Å². The molecule has 0 unspecified atom stereocenters. The minimum absolute atomic E-state index is 0.00942. The van der Waals surface area contributed by atoms with Gasteiger partial charge in [-0.1, -0.05) is 25.7 Å². The maximum atomic E-state index is 12.8. The molecule has 1 aromatic heterocycles. The number of anilines is 1. The molecule has 7 nitrogen and oxygen atoms in total. The van der Waals surface area contributed by atoms with Crippen LogP contribution in [0.2, 0.25) is 0 Å². The van der Waals surface area contributed by atoms with E-state index in [2.05, 4.69) is 10.3 Å². The van der Waals surface area contributed by atoms with Crippen LogP contribution in [0.5, 0.6) is 0 Å². The van der Waals surface area contributed by atoms with Gasteiger partial charge in [0.15, 0.2) is 0 Å². The monoisotopic (exact) mass is 374 g/mol. The Morgan fingerprint density at radius 2 is 1.78 bits per heavy atom. The average Bonchev–Trinajstić information content (AvgIpc) is 2.96. The van der Waals surface area contributed by atoms with E-state index in [1.807, 2.05) is 6.07 Å². The molecule has 0 bridgehead atoms. The molecule has 2 fully saturated rings. The fourth-order valence-corrected chi connectivity index (χ4v) is 3.76. The van der Waals surface area contributed by atoms with Crippen LogP contribution in [0.1, 0.15) is 55.8 Å². The summed E-state index contributed by atoms with van der Waals surface area (Å²) in [7, 11) is 0. The summed E-state index contributed by atoms with van der Waals surface area (Å²) in [6.45, 7) is 4.20. The number of nitrogens with zero attached hydrogens (tertiary/aromatic N) is 3. The lowest BCUT2D eigenvalue weighted by Crippen LogP contribution is -2.50. The molecule has 0 aromatic carbocycles. The highest BCUT2D eigenvalue weighted by molar-refractivity contribution is 5.95. The zero-order valence-corrected chi connectivity index (χ0v) is 16.2. The molecule has 1 N–H and O–H groups in total. The van der Waals surface area contributed by atoms with Gasteiger partial charge in [0.1, 0.15) is 5.82 Å². The first-order valence-electron chi connectivity index (χ1n) is 10.1. The maximum Gasteiger partial charge on any atom is 0.409 e. The summed E-state index contributed by atoms with van der Waals surface area (Å²) < 4.78 is 5.03. The number of hydrogen-bond acceptors (Lipinski definition) is 5. The number of ether oxygens (including phenoxy) is 1. The Hall–Kier alpha value is -2.31. The molecule has 1 saturated carbocycles. The summed E-state index contributed by atoms with van der Waals surface area (Å²) >= 11 is 0. The van der Waals surface area contributed by atoms with Crippen LogP contribution in [0.4, 0.5) is 10.6 Å². The third-order valence-corrected chi connectivity index (χ3v) is 5.31. The van der Waals surface area contributed by atoms with Crippen molar-refractivity contribution in [2.45, 2.75) is 51.5 Å². The van der Waals surface area contributed by atoms with Gasteiger partial charge in [0.05, 0.1) is 6.61 Å². The van der Waals surface area contributed by atoms with Crippen molar-refractivity contribution in [3.05, 3.63) is 23.9 Å². The average molecular weight is 374 g/mol. The van der Waals surface area contributed by atoms with Crippen LogP contribution in [-0.4, -0.2) is 65.6 Å². The van der Waals surface area contributed by atoms with Crippen molar-refractivity contribution in [2.24, 2.45) is 0 Å². The van der Waals surface area contributed by atoms with Crippen molar-refractivity contribution in [3.8, 4) is 0 Å². The van der Waals surface area contributed by atoms with E-state index in [1.165, 1.54) is 25.7 Å². The van der Waals surface area contributed by atoms with Gasteiger partial charge in [-0.25, -0.2) is 9.78 Å². The van der Waals surface area contributed by atoms with Crippen LogP contribution >= 0.6 is 0 Å². The van der Waals surface area contributed by atoms with Gasteiger partial charge in [-0.2, -0.15) is 0 Å². The third-order valence-electron chi connectivity index (χ3n) is 5.31. The molecule has 3 rings (SSSR count). The first kappa shape index (κ1) is 19.5. The lowest BCUT2D eigenvalue weighted by molar-refractivity contribution is 0.0570. The Morgan fingerprint density at radius 1 is 1.11 bits per heavy atom. The molecular weight excluding hydrogens is 344 g/mol. The number of rotatable bonds is 4. The molecule has 1 saturated heterocycles. The predicted molar refractivity (Wildman–Crippen MR) is 104 cm³/mol. The number of carbonyl (C=O) groups is 2. The Morgan fingerprint density at radius 3 is 2.44 bits per heavy atom. The number of aromatic nitrogens is 1. The van der Waals surface area contributed by atoms with E-state index in [1.54, 1.807) is 29.0 Å². The standard InChI is InChI=1S/C20H30N4O3/c1-2-27-20(26)24-13-11-23(12-14-24)19(25)16-9-10-21-18(15-16)22-17-7-5-3-4-6-8-17/h9-10,15,17H,2-8,11-14H2,1H3,(H,21,22). The van der Waals surface area contributed by atoms with Crippen molar-refractivity contribution in [2.75, 3.05) is 38.1 Å².